The maximum absolute atomic E-state index is 2.28. The van der Waals surface area contributed by atoms with Crippen LogP contribution in [0.4, 0.5) is 0 Å². The van der Waals surface area contributed by atoms with Crippen LogP contribution >= 0.6 is 11.8 Å². The molecule has 0 fully saturated rings. The first-order chi connectivity index (χ1) is 6.75. The first-order valence-corrected chi connectivity index (χ1v) is 6.13. The Kier molecular flexibility index (Phi) is 4.81. The molecule has 0 saturated heterocycles. The molecule has 0 nitrogen and oxygen atoms in total. The zero-order valence-electron chi connectivity index (χ0n) is 9.16. The van der Waals surface area contributed by atoms with Crippen LogP contribution in [0.2, 0.25) is 0 Å². The average molecular weight is 206 g/mol. The van der Waals surface area contributed by atoms with E-state index >= 15 is 0 Å². The maximum Gasteiger partial charge on any atom is 0.00252 e. The van der Waals surface area contributed by atoms with Crippen LogP contribution in [0.15, 0.2) is 41.3 Å². The van der Waals surface area contributed by atoms with Crippen molar-refractivity contribution >= 4 is 11.8 Å². The molecule has 1 aromatic carbocycles. The average Bonchev–Trinajstić information content (AvgIpc) is 2.26. The van der Waals surface area contributed by atoms with Gasteiger partial charge in [0.1, 0.15) is 0 Å². The molecule has 1 atom stereocenters. The Bertz CT molecular complexity index is 287. The quantitative estimate of drug-likeness (QED) is 0.701. The summed E-state index contributed by atoms with van der Waals surface area (Å²) in [5, 5.41) is 2.28. The Balaban J connectivity index is 2.70. The van der Waals surface area contributed by atoms with Crippen molar-refractivity contribution in [3.05, 3.63) is 46.9 Å². The first-order valence-electron chi connectivity index (χ1n) is 5.09. The van der Waals surface area contributed by atoms with Gasteiger partial charge >= 0.3 is 0 Å². The van der Waals surface area contributed by atoms with E-state index in [0.717, 1.165) is 5.75 Å². The molecule has 0 spiro atoms. The second-order valence-corrected chi connectivity index (χ2v) is 4.60. The fourth-order valence-electron chi connectivity index (χ4n) is 1.32. The summed E-state index contributed by atoms with van der Waals surface area (Å²) < 4.78 is 0. The van der Waals surface area contributed by atoms with Gasteiger partial charge < -0.3 is 0 Å². The lowest BCUT2D eigenvalue weighted by Gasteiger charge is -2.12. The van der Waals surface area contributed by atoms with Crippen LogP contribution < -0.4 is 0 Å². The van der Waals surface area contributed by atoms with E-state index in [4.69, 9.17) is 0 Å². The van der Waals surface area contributed by atoms with Crippen LogP contribution in [0.25, 0.3) is 0 Å². The number of allylic oxidation sites excluding steroid dienone is 1. The Morgan fingerprint density at radius 3 is 2.57 bits per heavy atom. The minimum Gasteiger partial charge on any atom is -0.134 e. The van der Waals surface area contributed by atoms with Crippen molar-refractivity contribution in [3.8, 4) is 0 Å². The predicted octanol–water partition coefficient (Wildman–Crippen LogP) is 4.45. The number of hydrogen-bond donors (Lipinski definition) is 0. The molecule has 76 valence electrons. The summed E-state index contributed by atoms with van der Waals surface area (Å²) in [5.74, 6) is 1.69. The van der Waals surface area contributed by atoms with E-state index in [9.17, 15) is 0 Å². The van der Waals surface area contributed by atoms with E-state index in [0.29, 0.717) is 5.92 Å². The third-order valence-corrected chi connectivity index (χ3v) is 3.29. The molecule has 0 amide bonds. The summed E-state index contributed by atoms with van der Waals surface area (Å²) in [7, 11) is 0. The van der Waals surface area contributed by atoms with Crippen LogP contribution in [-0.2, 0) is 0 Å². The van der Waals surface area contributed by atoms with Crippen LogP contribution in [0.1, 0.15) is 32.3 Å². The Morgan fingerprint density at radius 1 is 1.36 bits per heavy atom. The van der Waals surface area contributed by atoms with Gasteiger partial charge in [-0.1, -0.05) is 49.8 Å². The molecule has 1 heteroatoms. The largest absolute Gasteiger partial charge is 0.134 e. The summed E-state index contributed by atoms with van der Waals surface area (Å²) in [4.78, 5) is 0. The van der Waals surface area contributed by atoms with Crippen molar-refractivity contribution < 1.29 is 0 Å². The van der Waals surface area contributed by atoms with Crippen molar-refractivity contribution in [2.24, 2.45) is 0 Å². The molecular formula is C13H18S. The van der Waals surface area contributed by atoms with E-state index in [2.05, 4.69) is 56.5 Å². The van der Waals surface area contributed by atoms with Gasteiger partial charge in [-0.05, 0) is 23.6 Å². The van der Waals surface area contributed by atoms with Gasteiger partial charge in [0.2, 0.25) is 0 Å². The minimum absolute atomic E-state index is 0.537. The van der Waals surface area contributed by atoms with Crippen molar-refractivity contribution in [2.45, 2.75) is 26.7 Å². The monoisotopic (exact) mass is 206 g/mol. The van der Waals surface area contributed by atoms with E-state index < -0.39 is 0 Å². The predicted molar refractivity (Wildman–Crippen MR) is 66.7 cm³/mol. The smallest absolute Gasteiger partial charge is 0.00252 e. The first kappa shape index (κ1) is 11.4. The molecule has 0 bridgehead atoms. The lowest BCUT2D eigenvalue weighted by Crippen LogP contribution is -1.93. The third-order valence-electron chi connectivity index (χ3n) is 2.42. The van der Waals surface area contributed by atoms with E-state index in [1.807, 2.05) is 11.8 Å². The summed E-state index contributed by atoms with van der Waals surface area (Å²) in [5.41, 5.74) is 2.85. The maximum atomic E-state index is 2.28. The van der Waals surface area contributed by atoms with Gasteiger partial charge in [-0.25, -0.2) is 0 Å². The SMILES string of the molecule is CCS/C=C(\C)C(C)c1ccccc1. The van der Waals surface area contributed by atoms with Crippen molar-refractivity contribution in [1.29, 1.82) is 0 Å². The topological polar surface area (TPSA) is 0 Å². The van der Waals surface area contributed by atoms with Crippen LogP contribution in [0.3, 0.4) is 0 Å². The van der Waals surface area contributed by atoms with Gasteiger partial charge in [0.05, 0.1) is 0 Å². The highest BCUT2D eigenvalue weighted by molar-refractivity contribution is 8.02. The molecular weight excluding hydrogens is 188 g/mol. The standard InChI is InChI=1S/C13H18S/c1-4-14-10-11(2)12(3)13-8-6-5-7-9-13/h5-10,12H,4H2,1-3H3/b11-10+. The van der Waals surface area contributed by atoms with Crippen LogP contribution in [-0.4, -0.2) is 5.75 Å². The van der Waals surface area contributed by atoms with Gasteiger partial charge in [-0.3, -0.25) is 0 Å². The number of benzene rings is 1. The fourth-order valence-corrected chi connectivity index (χ4v) is 1.96. The molecule has 0 aliphatic carbocycles. The van der Waals surface area contributed by atoms with Gasteiger partial charge in [0.25, 0.3) is 0 Å². The Labute approximate surface area is 91.4 Å². The van der Waals surface area contributed by atoms with E-state index in [-0.39, 0.29) is 0 Å². The summed E-state index contributed by atoms with van der Waals surface area (Å²) >= 11 is 1.88. The molecule has 1 rings (SSSR count). The highest BCUT2D eigenvalue weighted by Crippen LogP contribution is 2.24. The molecule has 1 unspecified atom stereocenters. The summed E-state index contributed by atoms with van der Waals surface area (Å²) in [6, 6.07) is 10.7. The number of hydrogen-bond acceptors (Lipinski definition) is 1. The third kappa shape index (κ3) is 3.22. The van der Waals surface area contributed by atoms with Crippen LogP contribution in [0.5, 0.6) is 0 Å². The van der Waals surface area contributed by atoms with Crippen molar-refractivity contribution in [1.82, 2.24) is 0 Å². The number of thioether (sulfide) groups is 1. The van der Waals surface area contributed by atoms with Gasteiger partial charge in [-0.15, -0.1) is 11.8 Å². The highest BCUT2D eigenvalue weighted by Gasteiger charge is 2.05. The molecule has 0 N–H and O–H groups in total. The molecule has 14 heavy (non-hydrogen) atoms. The fraction of sp³-hybridized carbons (Fsp3) is 0.385. The van der Waals surface area contributed by atoms with E-state index in [1.54, 1.807) is 0 Å². The zero-order valence-corrected chi connectivity index (χ0v) is 9.97. The Morgan fingerprint density at radius 2 is 2.00 bits per heavy atom. The molecule has 0 aliphatic rings. The van der Waals surface area contributed by atoms with Crippen LogP contribution in [0, 0.1) is 0 Å². The summed E-state index contributed by atoms with van der Waals surface area (Å²) in [6.07, 6.45) is 0. The van der Waals surface area contributed by atoms with Gasteiger partial charge in [0, 0.05) is 5.92 Å². The minimum atomic E-state index is 0.537. The van der Waals surface area contributed by atoms with E-state index in [1.165, 1.54) is 11.1 Å². The molecule has 0 heterocycles. The molecule has 0 aliphatic heterocycles. The second kappa shape index (κ2) is 5.92. The lowest BCUT2D eigenvalue weighted by molar-refractivity contribution is 0.897. The molecule has 0 radical (unpaired) electrons. The molecule has 0 aromatic heterocycles. The van der Waals surface area contributed by atoms with Gasteiger partial charge in [0.15, 0.2) is 0 Å². The highest BCUT2D eigenvalue weighted by atomic mass is 32.2. The second-order valence-electron chi connectivity index (χ2n) is 3.45. The lowest BCUT2D eigenvalue weighted by atomic mass is 9.95. The zero-order chi connectivity index (χ0) is 10.4. The number of rotatable bonds is 4. The normalized spacial score (nSPS) is 14.1. The van der Waals surface area contributed by atoms with Gasteiger partial charge in [-0.2, -0.15) is 0 Å². The van der Waals surface area contributed by atoms with Crippen molar-refractivity contribution in [2.75, 3.05) is 5.75 Å². The Hall–Kier alpha value is -0.690. The van der Waals surface area contributed by atoms with Crippen molar-refractivity contribution in [3.63, 3.8) is 0 Å². The molecule has 1 aromatic rings. The molecule has 0 saturated carbocycles. The summed E-state index contributed by atoms with van der Waals surface area (Å²) in [6.45, 7) is 6.65.